The van der Waals surface area contributed by atoms with Crippen LogP contribution in [0.15, 0.2) is 60.7 Å². The van der Waals surface area contributed by atoms with Gasteiger partial charge in [0.05, 0.1) is 0 Å². The molecule has 2 N–H and O–H groups in total. The third kappa shape index (κ3) is 4.42. The fourth-order valence-corrected chi connectivity index (χ4v) is 4.47. The van der Waals surface area contributed by atoms with Crippen LogP contribution >= 0.6 is 23.8 Å². The Balaban J connectivity index is 1.42. The number of rotatable bonds is 3. The van der Waals surface area contributed by atoms with Crippen molar-refractivity contribution < 1.29 is 4.79 Å². The van der Waals surface area contributed by atoms with Gasteiger partial charge in [-0.1, -0.05) is 35.9 Å². The molecule has 0 spiro atoms. The lowest BCUT2D eigenvalue weighted by Crippen LogP contribution is -2.37. The molecule has 1 aliphatic heterocycles. The van der Waals surface area contributed by atoms with E-state index in [-0.39, 0.29) is 11.0 Å². The van der Waals surface area contributed by atoms with E-state index in [1.54, 1.807) is 6.07 Å². The van der Waals surface area contributed by atoms with Crippen LogP contribution in [0.2, 0.25) is 5.02 Å². The summed E-state index contributed by atoms with van der Waals surface area (Å²) in [4.78, 5) is 15.2. The predicted octanol–water partition coefficient (Wildman–Crippen LogP) is 6.00. The van der Waals surface area contributed by atoms with E-state index in [2.05, 4.69) is 34.6 Å². The van der Waals surface area contributed by atoms with Gasteiger partial charge in [0.1, 0.15) is 0 Å². The molecule has 0 aromatic heterocycles. The van der Waals surface area contributed by atoms with Gasteiger partial charge < -0.3 is 10.2 Å². The van der Waals surface area contributed by atoms with Crippen molar-refractivity contribution in [1.29, 1.82) is 0 Å². The summed E-state index contributed by atoms with van der Waals surface area (Å²) < 4.78 is 0. The Hall–Kier alpha value is -2.63. The number of thiocarbonyl (C=S) groups is 1. The molecule has 30 heavy (non-hydrogen) atoms. The number of piperidine rings is 1. The number of hydrogen-bond donors (Lipinski definition) is 2. The maximum atomic E-state index is 12.8. The minimum atomic E-state index is -0.265. The van der Waals surface area contributed by atoms with Crippen molar-refractivity contribution in [1.82, 2.24) is 5.32 Å². The molecule has 4 rings (SSSR count). The molecule has 0 bridgehead atoms. The highest BCUT2D eigenvalue weighted by atomic mass is 35.5. The molecule has 1 heterocycles. The molecule has 154 valence electrons. The molecule has 1 aliphatic rings. The summed E-state index contributed by atoms with van der Waals surface area (Å²) in [7, 11) is 0. The maximum Gasteiger partial charge on any atom is 0.258 e. The first-order valence-electron chi connectivity index (χ1n) is 10.2. The summed E-state index contributed by atoms with van der Waals surface area (Å²) in [5.74, 6) is -0.265. The average Bonchev–Trinajstić information content (AvgIpc) is 2.74. The molecule has 3 aromatic carbocycles. The number of carbonyl (C=O) groups excluding carboxylic acids is 1. The van der Waals surface area contributed by atoms with Crippen LogP contribution in [-0.2, 0) is 0 Å². The molecule has 4 nitrogen and oxygen atoms in total. The van der Waals surface area contributed by atoms with Gasteiger partial charge in [0.2, 0.25) is 0 Å². The highest BCUT2D eigenvalue weighted by Crippen LogP contribution is 2.27. The highest BCUT2D eigenvalue weighted by Gasteiger charge is 2.18. The summed E-state index contributed by atoms with van der Waals surface area (Å²) in [6.07, 6.45) is 3.77. The molecule has 1 amide bonds. The second-order valence-electron chi connectivity index (χ2n) is 7.63. The van der Waals surface area contributed by atoms with Crippen molar-refractivity contribution >= 4 is 57.0 Å². The zero-order valence-corrected chi connectivity index (χ0v) is 18.4. The Morgan fingerprint density at radius 3 is 2.53 bits per heavy atom. The number of benzene rings is 3. The number of nitrogens with zero attached hydrogens (tertiary/aromatic N) is 1. The monoisotopic (exact) mass is 437 g/mol. The van der Waals surface area contributed by atoms with Gasteiger partial charge in [0.15, 0.2) is 5.11 Å². The Labute approximate surface area is 187 Å². The fourth-order valence-electron chi connectivity index (χ4n) is 4.02. The van der Waals surface area contributed by atoms with Crippen molar-refractivity contribution in [2.24, 2.45) is 0 Å². The summed E-state index contributed by atoms with van der Waals surface area (Å²) >= 11 is 11.6. The van der Waals surface area contributed by atoms with Crippen LogP contribution in [-0.4, -0.2) is 23.6 Å². The number of amides is 1. The summed E-state index contributed by atoms with van der Waals surface area (Å²) in [5, 5.41) is 8.38. The SMILES string of the molecule is C[C@H]1CCCCN1c1ccc(NC(=S)NC(=O)c2cccc3c(Cl)cccc23)cc1. The standard InChI is InChI=1S/C24H24ClN3OS/c1-16-6-2-3-15-28(16)18-13-11-17(12-14-18)26-24(30)27-23(29)21-9-4-8-20-19(21)7-5-10-22(20)25/h4-5,7-14,16H,2-3,6,15H2,1H3,(H2,26,27,29,30)/t16-/m0/s1. The van der Waals surface area contributed by atoms with Gasteiger partial charge in [0.25, 0.3) is 5.91 Å². The Kier molecular flexibility index (Phi) is 6.21. The predicted molar refractivity (Wildman–Crippen MR) is 130 cm³/mol. The van der Waals surface area contributed by atoms with Crippen LogP contribution in [0, 0.1) is 0 Å². The number of carbonyl (C=O) groups is 1. The average molecular weight is 438 g/mol. The smallest absolute Gasteiger partial charge is 0.258 e. The van der Waals surface area contributed by atoms with Crippen LogP contribution in [0.4, 0.5) is 11.4 Å². The molecule has 1 atom stereocenters. The van der Waals surface area contributed by atoms with Gasteiger partial charge in [0, 0.05) is 39.9 Å². The third-order valence-electron chi connectivity index (χ3n) is 5.60. The summed E-state index contributed by atoms with van der Waals surface area (Å²) in [6.45, 7) is 3.37. The van der Waals surface area contributed by atoms with Crippen LogP contribution < -0.4 is 15.5 Å². The lowest BCUT2D eigenvalue weighted by molar-refractivity contribution is 0.0979. The van der Waals surface area contributed by atoms with E-state index in [0.717, 1.165) is 23.0 Å². The Morgan fingerprint density at radius 1 is 1.03 bits per heavy atom. The van der Waals surface area contributed by atoms with E-state index in [0.29, 0.717) is 16.6 Å². The normalized spacial score (nSPS) is 16.3. The fraction of sp³-hybridized carbons (Fsp3) is 0.250. The zero-order chi connectivity index (χ0) is 21.1. The van der Waals surface area contributed by atoms with E-state index in [1.807, 2.05) is 42.5 Å². The topological polar surface area (TPSA) is 44.4 Å². The minimum absolute atomic E-state index is 0.262. The Bertz CT molecular complexity index is 1080. The summed E-state index contributed by atoms with van der Waals surface area (Å²) in [6, 6.07) is 19.8. The number of anilines is 2. The molecule has 1 saturated heterocycles. The van der Waals surface area contributed by atoms with Crippen molar-refractivity contribution in [3.8, 4) is 0 Å². The van der Waals surface area contributed by atoms with Gasteiger partial charge in [-0.25, -0.2) is 0 Å². The molecule has 3 aromatic rings. The lowest BCUT2D eigenvalue weighted by Gasteiger charge is -2.35. The van der Waals surface area contributed by atoms with Crippen LogP contribution in [0.5, 0.6) is 0 Å². The first-order valence-corrected chi connectivity index (χ1v) is 11.0. The van der Waals surface area contributed by atoms with Crippen molar-refractivity contribution in [3.63, 3.8) is 0 Å². The van der Waals surface area contributed by atoms with Crippen LogP contribution in [0.3, 0.4) is 0 Å². The van der Waals surface area contributed by atoms with Gasteiger partial charge in [-0.3, -0.25) is 10.1 Å². The summed E-state index contributed by atoms with van der Waals surface area (Å²) in [5.41, 5.74) is 2.60. The first-order chi connectivity index (χ1) is 14.5. The second-order valence-corrected chi connectivity index (χ2v) is 8.45. The molecule has 0 radical (unpaired) electrons. The first kappa shape index (κ1) is 20.6. The van der Waals surface area contributed by atoms with Gasteiger partial charge in [-0.2, -0.15) is 0 Å². The molecule has 0 saturated carbocycles. The van der Waals surface area contributed by atoms with Gasteiger partial charge >= 0.3 is 0 Å². The zero-order valence-electron chi connectivity index (χ0n) is 16.8. The maximum absolute atomic E-state index is 12.8. The van der Waals surface area contributed by atoms with Gasteiger partial charge in [-0.15, -0.1) is 0 Å². The quantitative estimate of drug-likeness (QED) is 0.493. The number of nitrogens with one attached hydrogen (secondary N) is 2. The number of fused-ring (bicyclic) bond motifs is 1. The van der Waals surface area contributed by atoms with E-state index < -0.39 is 0 Å². The number of halogens is 1. The van der Waals surface area contributed by atoms with E-state index in [1.165, 1.54) is 24.9 Å². The molecular weight excluding hydrogens is 414 g/mol. The Morgan fingerprint density at radius 2 is 1.77 bits per heavy atom. The van der Waals surface area contributed by atoms with Crippen molar-refractivity contribution in [2.45, 2.75) is 32.2 Å². The molecule has 6 heteroatoms. The molecular formula is C24H24ClN3OS. The van der Waals surface area contributed by atoms with Crippen molar-refractivity contribution in [2.75, 3.05) is 16.8 Å². The third-order valence-corrected chi connectivity index (χ3v) is 6.13. The molecule has 0 unspecified atom stereocenters. The van der Waals surface area contributed by atoms with Crippen LogP contribution in [0.1, 0.15) is 36.5 Å². The van der Waals surface area contributed by atoms with E-state index >= 15 is 0 Å². The number of hydrogen-bond acceptors (Lipinski definition) is 3. The highest BCUT2D eigenvalue weighted by molar-refractivity contribution is 7.80. The minimum Gasteiger partial charge on any atom is -0.369 e. The molecule has 1 fully saturated rings. The van der Waals surface area contributed by atoms with E-state index in [4.69, 9.17) is 23.8 Å². The van der Waals surface area contributed by atoms with Crippen molar-refractivity contribution in [3.05, 3.63) is 71.2 Å². The largest absolute Gasteiger partial charge is 0.369 e. The van der Waals surface area contributed by atoms with E-state index in [9.17, 15) is 4.79 Å². The lowest BCUT2D eigenvalue weighted by atomic mass is 10.0. The second kappa shape index (κ2) is 9.02. The molecule has 0 aliphatic carbocycles. The van der Waals surface area contributed by atoms with Gasteiger partial charge in [-0.05, 0) is 80.2 Å². The van der Waals surface area contributed by atoms with Crippen LogP contribution in [0.25, 0.3) is 10.8 Å².